The van der Waals surface area contributed by atoms with E-state index in [4.69, 9.17) is 42.3 Å². The summed E-state index contributed by atoms with van der Waals surface area (Å²) in [7, 11) is 0. The zero-order chi connectivity index (χ0) is 33.6. The average Bonchev–Trinajstić information content (AvgIpc) is 3.22. The molecule has 0 spiro atoms. The summed E-state index contributed by atoms with van der Waals surface area (Å²) in [5, 5.41) is -0.362. The van der Waals surface area contributed by atoms with Gasteiger partial charge in [0, 0.05) is 30.9 Å². The van der Waals surface area contributed by atoms with Gasteiger partial charge < -0.3 is 30.6 Å². The van der Waals surface area contributed by atoms with Crippen molar-refractivity contribution in [2.75, 3.05) is 62.4 Å². The predicted molar refractivity (Wildman–Crippen MR) is 169 cm³/mol. The molecular formula is C31H33ClF4N8O3. The van der Waals surface area contributed by atoms with Gasteiger partial charge >= 0.3 is 12.2 Å². The van der Waals surface area contributed by atoms with Crippen molar-refractivity contribution in [1.29, 1.82) is 0 Å². The Morgan fingerprint density at radius 2 is 1.83 bits per heavy atom. The highest BCUT2D eigenvalue weighted by Gasteiger charge is 2.40. The molecule has 2 atom stereocenters. The molecule has 0 aliphatic carbocycles. The number of morpholine rings is 1. The summed E-state index contributed by atoms with van der Waals surface area (Å²) in [4.78, 5) is 21.2. The summed E-state index contributed by atoms with van der Waals surface area (Å²) in [6.45, 7) is 8.02. The summed E-state index contributed by atoms with van der Waals surface area (Å²) < 4.78 is 77.6. The van der Waals surface area contributed by atoms with Crippen LogP contribution in [0, 0.1) is 12.7 Å². The Kier molecular flexibility index (Phi) is 8.89. The highest BCUT2D eigenvalue weighted by molar-refractivity contribution is 6.36. The van der Waals surface area contributed by atoms with E-state index in [0.29, 0.717) is 31.9 Å². The summed E-state index contributed by atoms with van der Waals surface area (Å²) in [6, 6.07) is 3.91. The number of nitrogen functional groups attached to an aromatic ring is 2. The number of nitrogens with two attached hydrogens (primary N) is 2. The highest BCUT2D eigenvalue weighted by Crippen LogP contribution is 2.50. The van der Waals surface area contributed by atoms with Gasteiger partial charge in [-0.25, -0.2) is 14.4 Å². The molecule has 3 aromatic heterocycles. The lowest BCUT2D eigenvalue weighted by Crippen LogP contribution is -2.44. The maximum Gasteiger partial charge on any atom is 0.418 e. The molecule has 2 aliphatic rings. The van der Waals surface area contributed by atoms with Crippen LogP contribution in [0.5, 0.6) is 11.8 Å². The average molecular weight is 677 g/mol. The zero-order valence-electron chi connectivity index (χ0n) is 25.9. The molecule has 4 aromatic rings. The third-order valence-corrected chi connectivity index (χ3v) is 8.82. The van der Waals surface area contributed by atoms with Crippen LogP contribution in [0.1, 0.15) is 36.6 Å². The van der Waals surface area contributed by atoms with Gasteiger partial charge in [-0.05, 0) is 38.5 Å². The Morgan fingerprint density at radius 1 is 1.09 bits per heavy atom. The van der Waals surface area contributed by atoms with Crippen molar-refractivity contribution in [2.45, 2.75) is 39.0 Å². The summed E-state index contributed by atoms with van der Waals surface area (Å²) >= 11 is 6.77. The van der Waals surface area contributed by atoms with E-state index < -0.39 is 39.9 Å². The third kappa shape index (κ3) is 6.14. The van der Waals surface area contributed by atoms with Crippen molar-refractivity contribution >= 4 is 40.0 Å². The van der Waals surface area contributed by atoms with Crippen LogP contribution in [0.4, 0.5) is 35.0 Å². The van der Waals surface area contributed by atoms with Crippen LogP contribution < -0.4 is 25.8 Å². The van der Waals surface area contributed by atoms with Gasteiger partial charge in [0.2, 0.25) is 0 Å². The number of pyridine rings is 2. The molecule has 0 amide bonds. The van der Waals surface area contributed by atoms with Crippen LogP contribution in [-0.4, -0.2) is 76.9 Å². The number of alkyl halides is 3. The molecule has 1 saturated heterocycles. The van der Waals surface area contributed by atoms with Gasteiger partial charge in [-0.2, -0.15) is 23.1 Å². The zero-order valence-corrected chi connectivity index (χ0v) is 26.6. The van der Waals surface area contributed by atoms with E-state index in [1.165, 1.54) is 6.92 Å². The molecule has 6 rings (SSSR count). The number of hydrogen-bond donors (Lipinski definition) is 2. The fourth-order valence-electron chi connectivity index (χ4n) is 6.09. The number of hydrogen-bond acceptors (Lipinski definition) is 11. The van der Waals surface area contributed by atoms with Gasteiger partial charge in [0.25, 0.3) is 0 Å². The number of halogens is 5. The van der Waals surface area contributed by atoms with Gasteiger partial charge in [-0.15, -0.1) is 0 Å². The number of benzene rings is 1. The van der Waals surface area contributed by atoms with Crippen LogP contribution >= 0.6 is 11.6 Å². The number of ether oxygens (including phenoxy) is 3. The lowest BCUT2D eigenvalue weighted by molar-refractivity contribution is -0.137. The molecule has 2 aliphatic heterocycles. The Morgan fingerprint density at radius 3 is 2.53 bits per heavy atom. The first-order valence-corrected chi connectivity index (χ1v) is 15.4. The van der Waals surface area contributed by atoms with Gasteiger partial charge in [-0.3, -0.25) is 4.90 Å². The fourth-order valence-corrected chi connectivity index (χ4v) is 6.41. The van der Waals surface area contributed by atoms with Gasteiger partial charge in [0.15, 0.2) is 11.6 Å². The second-order valence-electron chi connectivity index (χ2n) is 11.5. The van der Waals surface area contributed by atoms with Crippen LogP contribution in [-0.2, 0) is 10.9 Å². The van der Waals surface area contributed by atoms with E-state index >= 15 is 4.39 Å². The molecular weight excluding hydrogens is 644 g/mol. The number of nitrogens with zero attached hydrogens (tertiary/aromatic N) is 6. The number of aryl methyl sites for hydroxylation is 1. The maximum absolute atomic E-state index is 16.9. The van der Waals surface area contributed by atoms with E-state index in [0.717, 1.165) is 6.07 Å². The van der Waals surface area contributed by atoms with Crippen LogP contribution in [0.3, 0.4) is 0 Å². The molecule has 1 aromatic carbocycles. The van der Waals surface area contributed by atoms with Crippen molar-refractivity contribution in [1.82, 2.24) is 24.8 Å². The van der Waals surface area contributed by atoms with Crippen molar-refractivity contribution < 1.29 is 31.8 Å². The van der Waals surface area contributed by atoms with Crippen molar-refractivity contribution in [2.24, 2.45) is 0 Å². The molecule has 16 heteroatoms. The predicted octanol–water partition coefficient (Wildman–Crippen LogP) is 5.43. The number of aromatic nitrogens is 4. The van der Waals surface area contributed by atoms with Gasteiger partial charge in [-0.1, -0.05) is 17.7 Å². The van der Waals surface area contributed by atoms with Gasteiger partial charge in [0.05, 0.1) is 53.0 Å². The molecule has 47 heavy (non-hydrogen) atoms. The minimum absolute atomic E-state index is 0.0144. The second-order valence-corrected chi connectivity index (χ2v) is 11.9. The lowest BCUT2D eigenvalue weighted by atomic mass is 9.98. The molecule has 4 N–H and O–H groups in total. The molecule has 5 heterocycles. The largest absolute Gasteiger partial charge is 0.489 e. The molecule has 0 bridgehead atoms. The van der Waals surface area contributed by atoms with Crippen LogP contribution in [0.2, 0.25) is 5.02 Å². The monoisotopic (exact) mass is 676 g/mol. The smallest absolute Gasteiger partial charge is 0.418 e. The molecule has 0 saturated carbocycles. The van der Waals surface area contributed by atoms with Gasteiger partial charge in [0.1, 0.15) is 36.2 Å². The topological polar surface area (TPSA) is 138 Å². The summed E-state index contributed by atoms with van der Waals surface area (Å²) in [5.41, 5.74) is 9.55. The standard InChI is InChI=1S/C31H33ClF4N8O3/c1-15-13-19(37)40-25(22(15)31(34,35)36)20-23(32)27-21-26(24(20)33)41-30(47-14-16(2)43-7-10-45-11-8-43)42-29(21)44(9-12-46-27)17(3)18-5-4-6-39-28(18)38/h4-6,13,16-17H,7-12,14H2,1-3H3,(H2,37,40)(H2,38,39)/t16-,17-/m1/s1. The Labute approximate surface area is 272 Å². The van der Waals surface area contributed by atoms with E-state index in [9.17, 15) is 13.2 Å². The van der Waals surface area contributed by atoms with Crippen LogP contribution in [0.15, 0.2) is 24.4 Å². The molecule has 11 nitrogen and oxygen atoms in total. The van der Waals surface area contributed by atoms with E-state index in [1.54, 1.807) is 12.3 Å². The van der Waals surface area contributed by atoms with E-state index in [1.807, 2.05) is 24.8 Å². The Balaban J connectivity index is 1.57. The summed E-state index contributed by atoms with van der Waals surface area (Å²) in [5.74, 6) is -1.01. The Bertz CT molecular complexity index is 1820. The van der Waals surface area contributed by atoms with E-state index in [-0.39, 0.29) is 71.5 Å². The normalized spacial score (nSPS) is 16.9. The van der Waals surface area contributed by atoms with Crippen LogP contribution in [0.25, 0.3) is 22.2 Å². The first kappa shape index (κ1) is 32.7. The van der Waals surface area contributed by atoms with Crippen molar-refractivity contribution in [3.05, 3.63) is 51.9 Å². The highest BCUT2D eigenvalue weighted by atomic mass is 35.5. The first-order valence-electron chi connectivity index (χ1n) is 15.0. The third-order valence-electron chi connectivity index (χ3n) is 8.46. The number of rotatable bonds is 7. The minimum atomic E-state index is -4.91. The number of anilines is 3. The Hall–Kier alpha value is -4.21. The van der Waals surface area contributed by atoms with Crippen molar-refractivity contribution in [3.63, 3.8) is 0 Å². The van der Waals surface area contributed by atoms with Crippen molar-refractivity contribution in [3.8, 4) is 23.0 Å². The summed E-state index contributed by atoms with van der Waals surface area (Å²) in [6.07, 6.45) is -3.34. The lowest BCUT2D eigenvalue weighted by Gasteiger charge is -2.32. The molecule has 0 unspecified atom stereocenters. The van der Waals surface area contributed by atoms with E-state index in [2.05, 4.69) is 19.9 Å². The quantitative estimate of drug-likeness (QED) is 0.242. The fraction of sp³-hybridized carbons (Fsp3) is 0.419. The molecule has 1 fully saturated rings. The first-order chi connectivity index (χ1) is 22.4. The molecule has 250 valence electrons. The maximum atomic E-state index is 16.9. The SMILES string of the molecule is Cc1cc(N)nc(-c2c(Cl)c3c4c(nc(OC[C@@H](C)N5CCOCC5)nc4c2F)N([C@H](C)c2cccnc2N)CCO3)c1C(F)(F)F. The minimum Gasteiger partial charge on any atom is -0.489 e. The molecule has 0 radical (unpaired) electrons. The second kappa shape index (κ2) is 12.8.